The van der Waals surface area contributed by atoms with Crippen molar-refractivity contribution in [3.8, 4) is 12.3 Å². The van der Waals surface area contributed by atoms with Gasteiger partial charge in [-0.2, -0.15) is 0 Å². The lowest BCUT2D eigenvalue weighted by Crippen LogP contribution is -2.43. The number of carbonyl (C=O) groups excluding carboxylic acids is 1. The zero-order valence-corrected chi connectivity index (χ0v) is 11.0. The number of nitrogens with zero attached hydrogens (tertiary/aromatic N) is 1. The normalized spacial score (nSPS) is 21.5. The lowest BCUT2D eigenvalue weighted by Gasteiger charge is -2.31. The number of rotatable bonds is 6. The summed E-state index contributed by atoms with van der Waals surface area (Å²) in [5.74, 6) is 3.25. The van der Waals surface area contributed by atoms with E-state index in [1.54, 1.807) is 0 Å². The van der Waals surface area contributed by atoms with Gasteiger partial charge in [0.15, 0.2) is 0 Å². The Balaban J connectivity index is 1.57. The highest BCUT2D eigenvalue weighted by molar-refractivity contribution is 5.78. The minimum Gasteiger partial charge on any atom is -0.344 e. The van der Waals surface area contributed by atoms with E-state index in [0.717, 1.165) is 31.6 Å². The Kier molecular flexibility index (Phi) is 5.03. The fraction of sp³-hybridized carbons (Fsp3) is 0.786. The summed E-state index contributed by atoms with van der Waals surface area (Å²) >= 11 is 0. The van der Waals surface area contributed by atoms with E-state index in [-0.39, 0.29) is 5.91 Å². The highest BCUT2D eigenvalue weighted by Gasteiger charge is 2.24. The van der Waals surface area contributed by atoms with Gasteiger partial charge in [0, 0.05) is 6.04 Å². The maximum absolute atomic E-state index is 11.5. The van der Waals surface area contributed by atoms with Crippen LogP contribution in [0.4, 0.5) is 0 Å². The average Bonchev–Trinajstić information content (AvgIpc) is 3.20. The molecule has 0 aromatic heterocycles. The van der Waals surface area contributed by atoms with Crippen LogP contribution in [0.15, 0.2) is 0 Å². The number of likely N-dealkylation sites (tertiary alicyclic amines) is 1. The Morgan fingerprint density at radius 3 is 2.61 bits per heavy atom. The predicted octanol–water partition coefficient (Wildman–Crippen LogP) is 0.200. The van der Waals surface area contributed by atoms with Crippen LogP contribution in [0.3, 0.4) is 0 Å². The Morgan fingerprint density at radius 2 is 2.00 bits per heavy atom. The van der Waals surface area contributed by atoms with E-state index in [1.807, 2.05) is 0 Å². The van der Waals surface area contributed by atoms with Crippen molar-refractivity contribution in [2.45, 2.75) is 31.7 Å². The highest BCUT2D eigenvalue weighted by Crippen LogP contribution is 2.21. The number of piperidine rings is 1. The second kappa shape index (κ2) is 6.77. The van der Waals surface area contributed by atoms with E-state index in [4.69, 9.17) is 6.42 Å². The molecule has 2 fully saturated rings. The van der Waals surface area contributed by atoms with Crippen molar-refractivity contribution in [3.05, 3.63) is 0 Å². The summed E-state index contributed by atoms with van der Waals surface area (Å²) < 4.78 is 0. The van der Waals surface area contributed by atoms with Crippen molar-refractivity contribution in [1.82, 2.24) is 15.5 Å². The van der Waals surface area contributed by atoms with Gasteiger partial charge in [-0.05, 0) is 51.2 Å². The second-order valence-electron chi connectivity index (χ2n) is 5.38. The SMILES string of the molecule is C#CCNC(=O)CN1CCC(CNC2CC2)CC1. The van der Waals surface area contributed by atoms with E-state index >= 15 is 0 Å². The molecule has 100 valence electrons. The summed E-state index contributed by atoms with van der Waals surface area (Å²) in [7, 11) is 0. The topological polar surface area (TPSA) is 44.4 Å². The number of hydrogen-bond acceptors (Lipinski definition) is 3. The minimum atomic E-state index is 0.0440. The van der Waals surface area contributed by atoms with E-state index in [9.17, 15) is 4.79 Å². The van der Waals surface area contributed by atoms with Crippen LogP contribution in [0.5, 0.6) is 0 Å². The fourth-order valence-corrected chi connectivity index (χ4v) is 2.38. The molecule has 1 aliphatic carbocycles. The molecule has 0 aromatic rings. The van der Waals surface area contributed by atoms with Crippen molar-refractivity contribution in [3.63, 3.8) is 0 Å². The fourth-order valence-electron chi connectivity index (χ4n) is 2.38. The minimum absolute atomic E-state index is 0.0440. The molecule has 0 bridgehead atoms. The predicted molar refractivity (Wildman–Crippen MR) is 72.0 cm³/mol. The molecule has 2 aliphatic rings. The van der Waals surface area contributed by atoms with Crippen molar-refractivity contribution < 1.29 is 4.79 Å². The molecule has 0 unspecified atom stereocenters. The molecular formula is C14H23N3O. The van der Waals surface area contributed by atoms with Crippen LogP contribution in [0.25, 0.3) is 0 Å². The van der Waals surface area contributed by atoms with E-state index in [0.29, 0.717) is 13.1 Å². The summed E-state index contributed by atoms with van der Waals surface area (Å²) in [5, 5.41) is 6.30. The molecule has 2 N–H and O–H groups in total. The van der Waals surface area contributed by atoms with Gasteiger partial charge in [0.05, 0.1) is 13.1 Å². The van der Waals surface area contributed by atoms with Crippen LogP contribution in [-0.4, -0.2) is 49.6 Å². The van der Waals surface area contributed by atoms with Crippen LogP contribution in [-0.2, 0) is 4.79 Å². The van der Waals surface area contributed by atoms with Crippen molar-refractivity contribution in [1.29, 1.82) is 0 Å². The third-order valence-electron chi connectivity index (χ3n) is 3.73. The lowest BCUT2D eigenvalue weighted by molar-refractivity contribution is -0.122. The summed E-state index contributed by atoms with van der Waals surface area (Å²) in [5.41, 5.74) is 0. The molecule has 1 amide bonds. The molecule has 0 spiro atoms. The first-order valence-electron chi connectivity index (χ1n) is 6.94. The first kappa shape index (κ1) is 13.4. The zero-order chi connectivity index (χ0) is 12.8. The molecule has 1 aliphatic heterocycles. The molecule has 18 heavy (non-hydrogen) atoms. The van der Waals surface area contributed by atoms with E-state index < -0.39 is 0 Å². The third-order valence-corrected chi connectivity index (χ3v) is 3.73. The number of amides is 1. The molecule has 0 aromatic carbocycles. The summed E-state index contributed by atoms with van der Waals surface area (Å²) in [6.45, 7) is 4.04. The van der Waals surface area contributed by atoms with E-state index in [2.05, 4.69) is 21.5 Å². The smallest absolute Gasteiger partial charge is 0.234 e. The molecule has 0 atom stereocenters. The molecule has 4 nitrogen and oxygen atoms in total. The van der Waals surface area contributed by atoms with Crippen molar-refractivity contribution >= 4 is 5.91 Å². The third kappa shape index (κ3) is 4.67. The Labute approximate surface area is 109 Å². The van der Waals surface area contributed by atoms with Crippen LogP contribution in [0, 0.1) is 18.3 Å². The van der Waals surface area contributed by atoms with Gasteiger partial charge in [0.25, 0.3) is 0 Å². The number of nitrogens with one attached hydrogen (secondary N) is 2. The van der Waals surface area contributed by atoms with Gasteiger partial charge in [-0.25, -0.2) is 0 Å². The Morgan fingerprint density at radius 1 is 1.28 bits per heavy atom. The molecule has 1 heterocycles. The van der Waals surface area contributed by atoms with Crippen LogP contribution >= 0.6 is 0 Å². The molecule has 2 rings (SSSR count). The van der Waals surface area contributed by atoms with Crippen molar-refractivity contribution in [2.75, 3.05) is 32.7 Å². The summed E-state index contributed by atoms with van der Waals surface area (Å²) in [6.07, 6.45) is 10.2. The Hall–Kier alpha value is -1.05. The standard InChI is InChI=1S/C14H23N3O/c1-2-7-15-14(18)11-17-8-5-12(6-9-17)10-16-13-3-4-13/h1,12-13,16H,3-11H2,(H,15,18). The average molecular weight is 249 g/mol. The van der Waals surface area contributed by atoms with Gasteiger partial charge in [-0.1, -0.05) is 5.92 Å². The van der Waals surface area contributed by atoms with Crippen LogP contribution in [0.1, 0.15) is 25.7 Å². The second-order valence-corrected chi connectivity index (χ2v) is 5.38. The molecular weight excluding hydrogens is 226 g/mol. The van der Waals surface area contributed by atoms with Crippen LogP contribution in [0.2, 0.25) is 0 Å². The number of hydrogen-bond donors (Lipinski definition) is 2. The molecule has 1 saturated carbocycles. The van der Waals surface area contributed by atoms with Gasteiger partial charge >= 0.3 is 0 Å². The Bertz CT molecular complexity index is 311. The quantitative estimate of drug-likeness (QED) is 0.661. The zero-order valence-electron chi connectivity index (χ0n) is 11.0. The molecule has 0 radical (unpaired) electrons. The summed E-state index contributed by atoms with van der Waals surface area (Å²) in [4.78, 5) is 13.7. The van der Waals surface area contributed by atoms with Gasteiger partial charge in [-0.15, -0.1) is 6.42 Å². The highest BCUT2D eigenvalue weighted by atomic mass is 16.2. The maximum Gasteiger partial charge on any atom is 0.234 e. The van der Waals surface area contributed by atoms with Gasteiger partial charge < -0.3 is 10.6 Å². The van der Waals surface area contributed by atoms with Gasteiger partial charge in [0.2, 0.25) is 5.91 Å². The first-order valence-corrected chi connectivity index (χ1v) is 6.94. The van der Waals surface area contributed by atoms with Crippen LogP contribution < -0.4 is 10.6 Å². The molecule has 1 saturated heterocycles. The lowest BCUT2D eigenvalue weighted by atomic mass is 9.97. The van der Waals surface area contributed by atoms with Gasteiger partial charge in [0.1, 0.15) is 0 Å². The van der Waals surface area contributed by atoms with E-state index in [1.165, 1.54) is 25.7 Å². The maximum atomic E-state index is 11.5. The number of terminal acetylenes is 1. The van der Waals surface area contributed by atoms with Gasteiger partial charge in [-0.3, -0.25) is 9.69 Å². The number of carbonyl (C=O) groups is 1. The van der Waals surface area contributed by atoms with Crippen molar-refractivity contribution in [2.24, 2.45) is 5.92 Å². The monoisotopic (exact) mass is 249 g/mol. The summed E-state index contributed by atoms with van der Waals surface area (Å²) in [6, 6.07) is 0.803. The first-order chi connectivity index (χ1) is 8.78. The largest absolute Gasteiger partial charge is 0.344 e. The molecule has 4 heteroatoms.